The van der Waals surface area contributed by atoms with E-state index in [-0.39, 0.29) is 22.3 Å². The summed E-state index contributed by atoms with van der Waals surface area (Å²) in [7, 11) is 0. The van der Waals surface area contributed by atoms with Crippen LogP contribution in [-0.4, -0.2) is 14.9 Å². The van der Waals surface area contributed by atoms with Crippen molar-refractivity contribution < 1.29 is 4.92 Å². The lowest BCUT2D eigenvalue weighted by atomic mass is 10.1. The molecule has 0 fully saturated rings. The second-order valence-electron chi connectivity index (χ2n) is 3.22. The Morgan fingerprint density at radius 2 is 1.71 bits per heavy atom. The first-order valence-corrected chi connectivity index (χ1v) is 4.44. The number of hydrogen-bond acceptors (Lipinski definition) is 4. The third-order valence-electron chi connectivity index (χ3n) is 2.19. The fourth-order valence-corrected chi connectivity index (χ4v) is 1.42. The largest absolute Gasteiger partial charge is 0.316 e. The molecule has 7 nitrogen and oxygen atoms in total. The van der Waals surface area contributed by atoms with E-state index in [0.29, 0.717) is 0 Å². The van der Waals surface area contributed by atoms with E-state index in [9.17, 15) is 19.7 Å². The first kappa shape index (κ1) is 10.6. The van der Waals surface area contributed by atoms with Gasteiger partial charge in [0.25, 0.3) is 5.69 Å². The molecule has 2 N–H and O–H groups in total. The molecular weight excluding hydrogens is 226 g/mol. The number of H-pyrrole nitrogens is 2. The van der Waals surface area contributed by atoms with Gasteiger partial charge in [0.2, 0.25) is 0 Å². The maximum atomic E-state index is 11.1. The molecule has 7 heteroatoms. The molecule has 17 heavy (non-hydrogen) atoms. The number of nitrogens with zero attached hydrogens (tertiary/aromatic N) is 1. The second kappa shape index (κ2) is 3.61. The van der Waals surface area contributed by atoms with Gasteiger partial charge in [-0.25, -0.2) is 0 Å². The van der Waals surface area contributed by atoms with Crippen molar-refractivity contribution in [3.05, 3.63) is 48.5 Å². The van der Waals surface area contributed by atoms with Crippen LogP contribution < -0.4 is 11.1 Å². The van der Waals surface area contributed by atoms with E-state index >= 15 is 0 Å². The van der Waals surface area contributed by atoms with E-state index in [1.54, 1.807) is 0 Å². The van der Waals surface area contributed by atoms with Gasteiger partial charge in [-0.1, -0.05) is 5.92 Å². The van der Waals surface area contributed by atoms with E-state index in [4.69, 9.17) is 6.42 Å². The molecule has 2 rings (SSSR count). The summed E-state index contributed by atoms with van der Waals surface area (Å²) in [5.74, 6) is 2.15. The molecule has 1 aromatic heterocycles. The fraction of sp³-hybridized carbons (Fsp3) is 0. The van der Waals surface area contributed by atoms with Crippen molar-refractivity contribution in [3.8, 4) is 12.3 Å². The third kappa shape index (κ3) is 1.68. The summed E-state index contributed by atoms with van der Waals surface area (Å²) in [5, 5.41) is 10.7. The summed E-state index contributed by atoms with van der Waals surface area (Å²) in [6, 6.07) is 2.38. The van der Waals surface area contributed by atoms with Crippen LogP contribution in [0.5, 0.6) is 0 Å². The van der Waals surface area contributed by atoms with Crippen LogP contribution >= 0.6 is 0 Å². The predicted molar refractivity (Wildman–Crippen MR) is 59.8 cm³/mol. The van der Waals surface area contributed by atoms with E-state index in [2.05, 4.69) is 15.9 Å². The lowest BCUT2D eigenvalue weighted by Gasteiger charge is -1.99. The van der Waals surface area contributed by atoms with E-state index in [1.807, 2.05) is 0 Å². The Morgan fingerprint density at radius 1 is 1.18 bits per heavy atom. The van der Waals surface area contributed by atoms with Gasteiger partial charge in [0.05, 0.1) is 16.0 Å². The maximum Gasteiger partial charge on any atom is 0.314 e. The highest BCUT2D eigenvalue weighted by molar-refractivity contribution is 5.80. The van der Waals surface area contributed by atoms with E-state index in [0.717, 1.165) is 6.07 Å². The average molecular weight is 231 g/mol. The number of nitrogens with one attached hydrogen (secondary N) is 2. The van der Waals surface area contributed by atoms with Gasteiger partial charge in [-0.15, -0.1) is 6.42 Å². The Hall–Kier alpha value is -2.88. The van der Waals surface area contributed by atoms with Gasteiger partial charge in [0.1, 0.15) is 5.56 Å². The van der Waals surface area contributed by atoms with Crippen molar-refractivity contribution in [3.63, 3.8) is 0 Å². The molecule has 0 radical (unpaired) electrons. The molecule has 0 aliphatic carbocycles. The van der Waals surface area contributed by atoms with Gasteiger partial charge in [0, 0.05) is 6.07 Å². The summed E-state index contributed by atoms with van der Waals surface area (Å²) in [6.07, 6.45) is 5.13. The minimum atomic E-state index is -0.875. The Bertz CT molecular complexity index is 779. The Labute approximate surface area is 93.3 Å². The molecule has 1 heterocycles. The van der Waals surface area contributed by atoms with Gasteiger partial charge < -0.3 is 9.97 Å². The van der Waals surface area contributed by atoms with Crippen LogP contribution in [0.15, 0.2) is 21.7 Å². The number of hydrogen-bond donors (Lipinski definition) is 2. The molecule has 0 saturated heterocycles. The first-order chi connectivity index (χ1) is 8.02. The number of fused-ring (bicyclic) bond motifs is 1. The van der Waals surface area contributed by atoms with Crippen LogP contribution in [0, 0.1) is 22.5 Å². The number of nitro groups is 1. The topological polar surface area (TPSA) is 109 Å². The van der Waals surface area contributed by atoms with Crippen LogP contribution in [0.25, 0.3) is 11.0 Å². The monoisotopic (exact) mass is 231 g/mol. The molecule has 0 amide bonds. The average Bonchev–Trinajstić information content (AvgIpc) is 2.29. The van der Waals surface area contributed by atoms with Crippen molar-refractivity contribution >= 4 is 16.7 Å². The predicted octanol–water partition coefficient (Wildman–Crippen LogP) is 0.106. The zero-order valence-corrected chi connectivity index (χ0v) is 8.31. The van der Waals surface area contributed by atoms with Gasteiger partial charge in [-0.3, -0.25) is 19.7 Å². The number of nitro benzene ring substituents is 1. The zero-order valence-electron chi connectivity index (χ0n) is 8.31. The SMILES string of the molecule is C#Cc1cc2[nH]c(=O)c(=O)[nH]c2cc1[N+](=O)[O-]. The summed E-state index contributed by atoms with van der Waals surface area (Å²) >= 11 is 0. The summed E-state index contributed by atoms with van der Waals surface area (Å²) in [4.78, 5) is 36.7. The number of terminal acetylenes is 1. The summed E-state index contributed by atoms with van der Waals surface area (Å²) < 4.78 is 0. The number of aromatic amines is 2. The molecule has 1 aromatic carbocycles. The van der Waals surface area contributed by atoms with Crippen LogP contribution in [0.1, 0.15) is 5.56 Å². The second-order valence-corrected chi connectivity index (χ2v) is 3.22. The molecule has 0 bridgehead atoms. The Balaban J connectivity index is 2.94. The van der Waals surface area contributed by atoms with Crippen molar-refractivity contribution in [2.75, 3.05) is 0 Å². The molecule has 0 saturated carbocycles. The molecular formula is C10H5N3O4. The molecule has 0 aliphatic rings. The van der Waals surface area contributed by atoms with Crippen molar-refractivity contribution in [2.24, 2.45) is 0 Å². The highest BCUT2D eigenvalue weighted by atomic mass is 16.6. The number of rotatable bonds is 1. The number of aromatic nitrogens is 2. The quantitative estimate of drug-likeness (QED) is 0.314. The van der Waals surface area contributed by atoms with Crippen LogP contribution in [0.3, 0.4) is 0 Å². The van der Waals surface area contributed by atoms with Crippen LogP contribution in [0.4, 0.5) is 5.69 Å². The standard InChI is InChI=1S/C10H5N3O4/c1-2-5-3-6-7(4-8(5)13(16)17)12-10(15)9(14)11-6/h1,3-4H,(H,11,14)(H,12,15). The first-order valence-electron chi connectivity index (χ1n) is 4.44. The highest BCUT2D eigenvalue weighted by Crippen LogP contribution is 2.21. The van der Waals surface area contributed by atoms with Gasteiger partial charge in [-0.05, 0) is 6.07 Å². The molecule has 0 unspecified atom stereocenters. The van der Waals surface area contributed by atoms with Crippen LogP contribution in [0.2, 0.25) is 0 Å². The minimum absolute atomic E-state index is 0.0326. The fourth-order valence-electron chi connectivity index (χ4n) is 1.42. The van der Waals surface area contributed by atoms with E-state index in [1.165, 1.54) is 6.07 Å². The highest BCUT2D eigenvalue weighted by Gasteiger charge is 2.14. The molecule has 2 aromatic rings. The lowest BCUT2D eigenvalue weighted by molar-refractivity contribution is -0.385. The van der Waals surface area contributed by atoms with Crippen molar-refractivity contribution in [2.45, 2.75) is 0 Å². The third-order valence-corrected chi connectivity index (χ3v) is 2.19. The van der Waals surface area contributed by atoms with Gasteiger partial charge in [0.15, 0.2) is 0 Å². The van der Waals surface area contributed by atoms with E-state index < -0.39 is 16.0 Å². The Kier molecular flexibility index (Phi) is 2.25. The molecule has 0 atom stereocenters. The lowest BCUT2D eigenvalue weighted by Crippen LogP contribution is -2.28. The van der Waals surface area contributed by atoms with Crippen LogP contribution in [-0.2, 0) is 0 Å². The van der Waals surface area contributed by atoms with Crippen molar-refractivity contribution in [1.29, 1.82) is 0 Å². The smallest absolute Gasteiger partial charge is 0.314 e. The Morgan fingerprint density at radius 3 is 2.18 bits per heavy atom. The normalized spacial score (nSPS) is 10.1. The number of benzene rings is 1. The summed E-state index contributed by atoms with van der Waals surface area (Å²) in [6.45, 7) is 0. The zero-order chi connectivity index (χ0) is 12.6. The molecule has 84 valence electrons. The maximum absolute atomic E-state index is 11.1. The summed E-state index contributed by atoms with van der Waals surface area (Å²) in [5.41, 5.74) is -1.59. The van der Waals surface area contributed by atoms with Gasteiger partial charge in [-0.2, -0.15) is 0 Å². The molecule has 0 spiro atoms. The van der Waals surface area contributed by atoms with Gasteiger partial charge >= 0.3 is 11.1 Å². The minimum Gasteiger partial charge on any atom is -0.316 e. The molecule has 0 aliphatic heterocycles. The van der Waals surface area contributed by atoms with Crippen molar-refractivity contribution in [1.82, 2.24) is 9.97 Å².